The predicted molar refractivity (Wildman–Crippen MR) is 73.1 cm³/mol. The average Bonchev–Trinajstić information content (AvgIpc) is 2.92. The minimum Gasteiger partial charge on any atom is -0.467 e. The zero-order valence-corrected chi connectivity index (χ0v) is 11.9. The van der Waals surface area contributed by atoms with Crippen molar-refractivity contribution in [1.29, 1.82) is 0 Å². The maximum absolute atomic E-state index is 12.2. The lowest BCUT2D eigenvalue weighted by Gasteiger charge is -2.27. The number of esters is 1. The molecule has 0 N–H and O–H groups in total. The largest absolute Gasteiger partial charge is 0.467 e. The van der Waals surface area contributed by atoms with Crippen LogP contribution in [0.4, 0.5) is 0 Å². The summed E-state index contributed by atoms with van der Waals surface area (Å²) < 4.78 is 10.3. The number of nitrogens with zero attached hydrogens (tertiary/aromatic N) is 1. The smallest absolute Gasteiger partial charge is 0.331 e. The van der Waals surface area contributed by atoms with Gasteiger partial charge in [0.2, 0.25) is 5.91 Å². The highest BCUT2D eigenvalue weighted by Crippen LogP contribution is 2.31. The molecule has 1 aliphatic heterocycles. The fraction of sp³-hybridized carbons (Fsp3) is 0.429. The van der Waals surface area contributed by atoms with Gasteiger partial charge < -0.3 is 9.47 Å². The van der Waals surface area contributed by atoms with Crippen LogP contribution in [0.25, 0.3) is 0 Å². The lowest BCUT2D eigenvalue weighted by Crippen LogP contribution is -2.43. The number of benzene rings is 1. The molecule has 1 aromatic rings. The Morgan fingerprint density at radius 3 is 2.70 bits per heavy atom. The molecule has 5 nitrogen and oxygen atoms in total. The number of ether oxygens (including phenoxy) is 2. The Hall–Kier alpha value is -1.59. The number of amides is 1. The third-order valence-corrected chi connectivity index (χ3v) is 3.34. The molecule has 1 heterocycles. The normalized spacial score (nSPS) is 21.8. The molecule has 0 unspecified atom stereocenters. The van der Waals surface area contributed by atoms with E-state index in [9.17, 15) is 9.59 Å². The zero-order valence-electron chi connectivity index (χ0n) is 11.1. The fourth-order valence-corrected chi connectivity index (χ4v) is 2.37. The van der Waals surface area contributed by atoms with Gasteiger partial charge in [-0.25, -0.2) is 4.79 Å². The van der Waals surface area contributed by atoms with Crippen LogP contribution in [0.2, 0.25) is 0 Å². The molecule has 0 bridgehead atoms. The Morgan fingerprint density at radius 2 is 2.10 bits per heavy atom. The maximum Gasteiger partial charge on any atom is 0.331 e. The molecule has 2 atom stereocenters. The van der Waals surface area contributed by atoms with E-state index in [4.69, 9.17) is 21.1 Å². The van der Waals surface area contributed by atoms with Crippen molar-refractivity contribution in [3.63, 3.8) is 0 Å². The summed E-state index contributed by atoms with van der Waals surface area (Å²) in [7, 11) is 1.29. The van der Waals surface area contributed by atoms with Gasteiger partial charge in [0.25, 0.3) is 0 Å². The van der Waals surface area contributed by atoms with Crippen molar-refractivity contribution in [2.24, 2.45) is 0 Å². The van der Waals surface area contributed by atoms with Crippen LogP contribution in [0.15, 0.2) is 30.3 Å². The molecule has 0 saturated carbocycles. The van der Waals surface area contributed by atoms with Gasteiger partial charge in [-0.05, 0) is 0 Å². The highest BCUT2D eigenvalue weighted by atomic mass is 35.5. The van der Waals surface area contributed by atoms with E-state index in [-0.39, 0.29) is 24.8 Å². The summed E-state index contributed by atoms with van der Waals surface area (Å²) in [6.45, 7) is 0.125. The maximum atomic E-state index is 12.2. The molecule has 108 valence electrons. The van der Waals surface area contributed by atoms with Crippen molar-refractivity contribution in [1.82, 2.24) is 4.90 Å². The van der Waals surface area contributed by atoms with Crippen LogP contribution in [0, 0.1) is 0 Å². The fourth-order valence-electron chi connectivity index (χ4n) is 2.21. The number of alkyl halides is 1. The van der Waals surface area contributed by atoms with Gasteiger partial charge in [-0.3, -0.25) is 9.69 Å². The quantitative estimate of drug-likeness (QED) is 0.627. The number of hydrogen-bond donors (Lipinski definition) is 0. The Kier molecular flexibility index (Phi) is 4.98. The summed E-state index contributed by atoms with van der Waals surface area (Å²) in [6, 6.07) is 8.57. The van der Waals surface area contributed by atoms with E-state index in [2.05, 4.69) is 0 Å². The lowest BCUT2D eigenvalue weighted by atomic mass is 10.1. The van der Waals surface area contributed by atoms with E-state index in [1.807, 2.05) is 30.3 Å². The molecule has 2 rings (SSSR count). The summed E-state index contributed by atoms with van der Waals surface area (Å²) in [5.74, 6) is -0.502. The topological polar surface area (TPSA) is 55.8 Å². The third-order valence-electron chi connectivity index (χ3n) is 3.15. The average molecular weight is 298 g/mol. The predicted octanol–water partition coefficient (Wildman–Crippen LogP) is 1.71. The second kappa shape index (κ2) is 6.72. The van der Waals surface area contributed by atoms with Crippen molar-refractivity contribution in [3.8, 4) is 0 Å². The number of rotatable bonds is 4. The molecular formula is C14H16ClNO4. The minimum absolute atomic E-state index is 0.125. The second-order valence-electron chi connectivity index (χ2n) is 4.38. The Bertz CT molecular complexity index is 479. The Balaban J connectivity index is 2.28. The van der Waals surface area contributed by atoms with Crippen LogP contribution in [-0.4, -0.2) is 42.4 Å². The molecule has 1 aliphatic rings. The number of halogens is 1. The van der Waals surface area contributed by atoms with Crippen LogP contribution in [0.5, 0.6) is 0 Å². The number of carbonyl (C=O) groups is 2. The molecular weight excluding hydrogens is 282 g/mol. The van der Waals surface area contributed by atoms with Gasteiger partial charge in [-0.1, -0.05) is 30.3 Å². The molecule has 1 saturated heterocycles. The van der Waals surface area contributed by atoms with Crippen molar-refractivity contribution in [3.05, 3.63) is 35.9 Å². The van der Waals surface area contributed by atoms with Crippen molar-refractivity contribution < 1.29 is 19.1 Å². The van der Waals surface area contributed by atoms with Crippen LogP contribution < -0.4 is 0 Å². The van der Waals surface area contributed by atoms with E-state index < -0.39 is 18.2 Å². The van der Waals surface area contributed by atoms with Crippen LogP contribution in [0.1, 0.15) is 18.2 Å². The first-order valence-electron chi connectivity index (χ1n) is 6.30. The zero-order chi connectivity index (χ0) is 14.5. The summed E-state index contributed by atoms with van der Waals surface area (Å²) >= 11 is 5.63. The third kappa shape index (κ3) is 2.94. The molecule has 0 spiro atoms. The molecule has 1 aromatic carbocycles. The number of carbonyl (C=O) groups excluding carboxylic acids is 2. The molecule has 0 aromatic heterocycles. The first kappa shape index (κ1) is 14.8. The summed E-state index contributed by atoms with van der Waals surface area (Å²) in [5, 5.41) is 0. The molecule has 1 amide bonds. The molecule has 0 aliphatic carbocycles. The lowest BCUT2D eigenvalue weighted by molar-refractivity contribution is -0.152. The van der Waals surface area contributed by atoms with E-state index >= 15 is 0 Å². The molecule has 20 heavy (non-hydrogen) atoms. The van der Waals surface area contributed by atoms with E-state index in [0.717, 1.165) is 5.56 Å². The van der Waals surface area contributed by atoms with E-state index in [0.29, 0.717) is 0 Å². The monoisotopic (exact) mass is 297 g/mol. The van der Waals surface area contributed by atoms with Crippen molar-refractivity contribution >= 4 is 23.5 Å². The van der Waals surface area contributed by atoms with Crippen LogP contribution >= 0.6 is 11.6 Å². The van der Waals surface area contributed by atoms with Gasteiger partial charge in [0.1, 0.15) is 0 Å². The van der Waals surface area contributed by atoms with Gasteiger partial charge in [-0.2, -0.15) is 0 Å². The Morgan fingerprint density at radius 1 is 1.40 bits per heavy atom. The highest BCUT2D eigenvalue weighted by molar-refractivity contribution is 6.19. The summed E-state index contributed by atoms with van der Waals surface area (Å²) in [6.07, 6.45) is -0.419. The van der Waals surface area contributed by atoms with Crippen LogP contribution in [0.3, 0.4) is 0 Å². The van der Waals surface area contributed by atoms with Crippen molar-refractivity contribution in [2.75, 3.05) is 19.6 Å². The summed E-state index contributed by atoms with van der Waals surface area (Å²) in [4.78, 5) is 25.4. The van der Waals surface area contributed by atoms with Gasteiger partial charge in [0, 0.05) is 17.9 Å². The second-order valence-corrected chi connectivity index (χ2v) is 4.75. The number of methoxy groups -OCH3 is 1. The van der Waals surface area contributed by atoms with Gasteiger partial charge in [0.15, 0.2) is 12.3 Å². The first-order valence-corrected chi connectivity index (χ1v) is 6.84. The van der Waals surface area contributed by atoms with Crippen molar-refractivity contribution in [2.45, 2.75) is 18.7 Å². The first-order chi connectivity index (χ1) is 9.69. The molecule has 6 heteroatoms. The molecule has 0 radical (unpaired) electrons. The number of hydrogen-bond acceptors (Lipinski definition) is 4. The van der Waals surface area contributed by atoms with E-state index in [1.54, 1.807) is 0 Å². The minimum atomic E-state index is -0.721. The van der Waals surface area contributed by atoms with Gasteiger partial charge in [0.05, 0.1) is 13.7 Å². The Labute approximate surface area is 122 Å². The molecule has 1 fully saturated rings. The standard InChI is InChI=1S/C14H16ClNO4/c1-19-14(18)11-9-20-13(10-5-3-2-4-6-10)16(11)12(17)7-8-15/h2-6,11,13H,7-9H2,1H3/t11-,13-/m0/s1. The van der Waals surface area contributed by atoms with Gasteiger partial charge >= 0.3 is 5.97 Å². The summed E-state index contributed by atoms with van der Waals surface area (Å²) in [5.41, 5.74) is 0.821. The van der Waals surface area contributed by atoms with Gasteiger partial charge in [-0.15, -0.1) is 11.6 Å². The highest BCUT2D eigenvalue weighted by Gasteiger charge is 2.42. The SMILES string of the molecule is COC(=O)[C@@H]1CO[C@@H](c2ccccc2)N1C(=O)CCCl. The van der Waals surface area contributed by atoms with E-state index in [1.165, 1.54) is 12.0 Å². The van der Waals surface area contributed by atoms with Crippen LogP contribution in [-0.2, 0) is 19.1 Å².